The minimum absolute atomic E-state index is 0.450. The van der Waals surface area contributed by atoms with Gasteiger partial charge in [0, 0.05) is 22.5 Å². The van der Waals surface area contributed by atoms with E-state index in [0.29, 0.717) is 6.04 Å². The third-order valence-corrected chi connectivity index (χ3v) is 3.17. The summed E-state index contributed by atoms with van der Waals surface area (Å²) in [4.78, 5) is 0. The first kappa shape index (κ1) is 12.4. The number of nitrogens with one attached hydrogen (secondary N) is 1. The summed E-state index contributed by atoms with van der Waals surface area (Å²) in [5, 5.41) is 14.8. The Morgan fingerprint density at radius 2 is 1.89 bits per heavy atom. The van der Waals surface area contributed by atoms with Crippen molar-refractivity contribution in [2.24, 2.45) is 0 Å². The maximum Gasteiger partial charge on any atom is 0.0998 e. The third-order valence-electron chi connectivity index (χ3n) is 3.17. The van der Waals surface area contributed by atoms with Crippen molar-refractivity contribution >= 4 is 16.5 Å². The second-order valence-corrected chi connectivity index (χ2v) is 4.65. The van der Waals surface area contributed by atoms with E-state index in [0.717, 1.165) is 28.4 Å². The monoisotopic (exact) mass is 238 g/mol. The molecule has 18 heavy (non-hydrogen) atoms. The van der Waals surface area contributed by atoms with E-state index >= 15 is 0 Å². The number of hydrogen-bond donors (Lipinski definition) is 1. The van der Waals surface area contributed by atoms with Gasteiger partial charge in [-0.15, -0.1) is 0 Å². The fourth-order valence-corrected chi connectivity index (χ4v) is 2.29. The molecule has 92 valence electrons. The van der Waals surface area contributed by atoms with E-state index in [1.807, 2.05) is 30.3 Å². The van der Waals surface area contributed by atoms with Crippen molar-refractivity contribution < 1.29 is 0 Å². The van der Waals surface area contributed by atoms with Gasteiger partial charge in [0.25, 0.3) is 0 Å². The van der Waals surface area contributed by atoms with Gasteiger partial charge in [-0.3, -0.25) is 0 Å². The van der Waals surface area contributed by atoms with Gasteiger partial charge in [0.05, 0.1) is 11.6 Å². The van der Waals surface area contributed by atoms with E-state index in [-0.39, 0.29) is 0 Å². The van der Waals surface area contributed by atoms with E-state index in [4.69, 9.17) is 5.26 Å². The average Bonchev–Trinajstić information content (AvgIpc) is 2.39. The second kappa shape index (κ2) is 5.55. The molecule has 0 aromatic heterocycles. The summed E-state index contributed by atoms with van der Waals surface area (Å²) >= 11 is 0. The Kier molecular flexibility index (Phi) is 3.84. The summed E-state index contributed by atoms with van der Waals surface area (Å²) in [6.45, 7) is 4.38. The number of fused-ring (bicyclic) bond motifs is 1. The van der Waals surface area contributed by atoms with Crippen LogP contribution in [0.1, 0.15) is 32.3 Å². The molecule has 0 amide bonds. The molecule has 2 aromatic rings. The predicted octanol–water partition coefficient (Wildman–Crippen LogP) is 4.31. The van der Waals surface area contributed by atoms with Gasteiger partial charge in [0.15, 0.2) is 0 Å². The molecule has 0 saturated carbocycles. The zero-order valence-corrected chi connectivity index (χ0v) is 10.9. The molecular formula is C16H18N2. The van der Waals surface area contributed by atoms with E-state index in [1.165, 1.54) is 6.42 Å². The van der Waals surface area contributed by atoms with Gasteiger partial charge < -0.3 is 5.32 Å². The SMILES string of the molecule is CCCC(C)Nc1ccc(C#N)c2ccccc12. The molecule has 0 saturated heterocycles. The fraction of sp³-hybridized carbons (Fsp3) is 0.312. The van der Waals surface area contributed by atoms with Gasteiger partial charge >= 0.3 is 0 Å². The Bertz CT molecular complexity index is 581. The lowest BCUT2D eigenvalue weighted by Crippen LogP contribution is -2.14. The highest BCUT2D eigenvalue weighted by Crippen LogP contribution is 2.27. The molecule has 0 bridgehead atoms. The van der Waals surface area contributed by atoms with Crippen molar-refractivity contribution in [1.29, 1.82) is 5.26 Å². The largest absolute Gasteiger partial charge is 0.382 e. The van der Waals surface area contributed by atoms with Crippen LogP contribution in [0.25, 0.3) is 10.8 Å². The van der Waals surface area contributed by atoms with Crippen molar-refractivity contribution in [3.63, 3.8) is 0 Å². The number of nitrogens with zero attached hydrogens (tertiary/aromatic N) is 1. The van der Waals surface area contributed by atoms with Gasteiger partial charge in [0.1, 0.15) is 0 Å². The molecule has 0 radical (unpaired) electrons. The Hall–Kier alpha value is -2.01. The number of anilines is 1. The Balaban J connectivity index is 2.44. The molecule has 2 rings (SSSR count). The molecule has 2 heteroatoms. The molecule has 1 unspecified atom stereocenters. The van der Waals surface area contributed by atoms with Crippen LogP contribution < -0.4 is 5.32 Å². The molecule has 1 N–H and O–H groups in total. The molecule has 0 aliphatic heterocycles. The number of rotatable bonds is 4. The highest BCUT2D eigenvalue weighted by atomic mass is 14.9. The van der Waals surface area contributed by atoms with Crippen LogP contribution in [0, 0.1) is 11.3 Å². The Labute approximate surface area is 108 Å². The summed E-state index contributed by atoms with van der Waals surface area (Å²) in [6.07, 6.45) is 2.32. The quantitative estimate of drug-likeness (QED) is 0.861. The summed E-state index contributed by atoms with van der Waals surface area (Å²) in [5.74, 6) is 0. The molecule has 0 fully saturated rings. The molecule has 1 atom stereocenters. The molecular weight excluding hydrogens is 220 g/mol. The van der Waals surface area contributed by atoms with E-state index in [9.17, 15) is 0 Å². The van der Waals surface area contributed by atoms with E-state index in [1.54, 1.807) is 0 Å². The molecule has 0 aliphatic rings. The maximum atomic E-state index is 9.12. The topological polar surface area (TPSA) is 35.8 Å². The summed E-state index contributed by atoms with van der Waals surface area (Å²) in [5.41, 5.74) is 1.85. The third kappa shape index (κ3) is 2.46. The van der Waals surface area contributed by atoms with Crippen LogP contribution in [-0.2, 0) is 0 Å². The zero-order valence-electron chi connectivity index (χ0n) is 10.9. The van der Waals surface area contributed by atoms with E-state index < -0.39 is 0 Å². The lowest BCUT2D eigenvalue weighted by atomic mass is 10.0. The normalized spacial score (nSPS) is 12.1. The number of benzene rings is 2. The van der Waals surface area contributed by atoms with Crippen LogP contribution in [-0.4, -0.2) is 6.04 Å². The smallest absolute Gasteiger partial charge is 0.0998 e. The lowest BCUT2D eigenvalue weighted by Gasteiger charge is -2.16. The molecule has 0 aliphatic carbocycles. The first-order chi connectivity index (χ1) is 8.76. The van der Waals surface area contributed by atoms with Gasteiger partial charge in [-0.2, -0.15) is 5.26 Å². The number of nitriles is 1. The average molecular weight is 238 g/mol. The standard InChI is InChI=1S/C16H18N2/c1-3-6-12(2)18-16-10-9-13(11-17)14-7-4-5-8-15(14)16/h4-5,7-10,12,18H,3,6H2,1-2H3. The number of hydrogen-bond acceptors (Lipinski definition) is 2. The highest BCUT2D eigenvalue weighted by Gasteiger charge is 2.07. The van der Waals surface area contributed by atoms with Gasteiger partial charge in [0.2, 0.25) is 0 Å². The van der Waals surface area contributed by atoms with Crippen molar-refractivity contribution in [3.8, 4) is 6.07 Å². The van der Waals surface area contributed by atoms with Crippen molar-refractivity contribution in [2.75, 3.05) is 5.32 Å². The summed E-state index contributed by atoms with van der Waals surface area (Å²) in [6, 6.07) is 14.7. The van der Waals surface area contributed by atoms with Gasteiger partial charge in [-0.05, 0) is 25.5 Å². The molecule has 0 heterocycles. The predicted molar refractivity (Wildman–Crippen MR) is 76.7 cm³/mol. The molecule has 2 nitrogen and oxygen atoms in total. The lowest BCUT2D eigenvalue weighted by molar-refractivity contribution is 0.691. The first-order valence-electron chi connectivity index (χ1n) is 6.44. The van der Waals surface area contributed by atoms with Crippen LogP contribution in [0.2, 0.25) is 0 Å². The minimum atomic E-state index is 0.450. The van der Waals surface area contributed by atoms with E-state index in [2.05, 4.69) is 31.3 Å². The van der Waals surface area contributed by atoms with Crippen LogP contribution in [0.4, 0.5) is 5.69 Å². The van der Waals surface area contributed by atoms with Crippen LogP contribution in [0.3, 0.4) is 0 Å². The van der Waals surface area contributed by atoms with Crippen LogP contribution in [0.5, 0.6) is 0 Å². The maximum absolute atomic E-state index is 9.12. The van der Waals surface area contributed by atoms with Gasteiger partial charge in [-0.25, -0.2) is 0 Å². The van der Waals surface area contributed by atoms with Crippen LogP contribution >= 0.6 is 0 Å². The minimum Gasteiger partial charge on any atom is -0.382 e. The second-order valence-electron chi connectivity index (χ2n) is 4.65. The van der Waals surface area contributed by atoms with Crippen molar-refractivity contribution in [2.45, 2.75) is 32.7 Å². The first-order valence-corrected chi connectivity index (χ1v) is 6.44. The Morgan fingerprint density at radius 1 is 1.17 bits per heavy atom. The molecule has 0 spiro atoms. The highest BCUT2D eigenvalue weighted by molar-refractivity contribution is 5.97. The van der Waals surface area contributed by atoms with Crippen molar-refractivity contribution in [1.82, 2.24) is 0 Å². The van der Waals surface area contributed by atoms with Crippen molar-refractivity contribution in [3.05, 3.63) is 42.0 Å². The fourth-order valence-electron chi connectivity index (χ4n) is 2.29. The van der Waals surface area contributed by atoms with Gasteiger partial charge in [-0.1, -0.05) is 37.6 Å². The molecule has 2 aromatic carbocycles. The summed E-state index contributed by atoms with van der Waals surface area (Å²) in [7, 11) is 0. The Morgan fingerprint density at radius 3 is 2.56 bits per heavy atom. The van der Waals surface area contributed by atoms with Crippen LogP contribution in [0.15, 0.2) is 36.4 Å². The zero-order chi connectivity index (χ0) is 13.0. The summed E-state index contributed by atoms with van der Waals surface area (Å²) < 4.78 is 0.